The molecule has 3 aromatic rings. The van der Waals surface area contributed by atoms with Crippen molar-refractivity contribution in [2.45, 2.75) is 17.9 Å². The van der Waals surface area contributed by atoms with Crippen LogP contribution in [0.15, 0.2) is 52.1 Å². The number of halogens is 1. The van der Waals surface area contributed by atoms with Crippen LogP contribution < -0.4 is 9.47 Å². The molecule has 0 N–H and O–H groups in total. The molecule has 5 nitrogen and oxygen atoms in total. The van der Waals surface area contributed by atoms with E-state index in [-0.39, 0.29) is 0 Å². The van der Waals surface area contributed by atoms with Crippen LogP contribution in [0.2, 0.25) is 5.02 Å². The second-order valence-electron chi connectivity index (χ2n) is 5.08. The van der Waals surface area contributed by atoms with E-state index in [0.29, 0.717) is 28.5 Å². The van der Waals surface area contributed by atoms with E-state index in [1.165, 1.54) is 11.8 Å². The van der Waals surface area contributed by atoms with Gasteiger partial charge in [-0.3, -0.25) is 0 Å². The molecular formula is C18H17ClN2O3S. The highest BCUT2D eigenvalue weighted by Gasteiger charge is 2.11. The minimum absolute atomic E-state index is 0.476. The summed E-state index contributed by atoms with van der Waals surface area (Å²) in [5.41, 5.74) is 1.82. The topological polar surface area (TPSA) is 57.4 Å². The Hall–Kier alpha value is -2.18. The number of ether oxygens (including phenoxy) is 2. The van der Waals surface area contributed by atoms with Crippen molar-refractivity contribution in [3.63, 3.8) is 0 Å². The second-order valence-corrected chi connectivity index (χ2v) is 6.44. The number of nitrogens with zero attached hydrogens (tertiary/aromatic N) is 2. The molecule has 0 bridgehead atoms. The van der Waals surface area contributed by atoms with Crippen LogP contribution >= 0.6 is 23.4 Å². The molecule has 25 heavy (non-hydrogen) atoms. The van der Waals surface area contributed by atoms with Crippen LogP contribution in [0.5, 0.6) is 11.5 Å². The van der Waals surface area contributed by atoms with Gasteiger partial charge in [0.05, 0.1) is 13.7 Å². The predicted molar refractivity (Wildman–Crippen MR) is 98.5 cm³/mol. The van der Waals surface area contributed by atoms with Crippen molar-refractivity contribution >= 4 is 23.4 Å². The monoisotopic (exact) mass is 376 g/mol. The first-order valence-electron chi connectivity index (χ1n) is 7.71. The van der Waals surface area contributed by atoms with E-state index < -0.39 is 0 Å². The van der Waals surface area contributed by atoms with E-state index in [0.717, 1.165) is 22.6 Å². The Morgan fingerprint density at radius 3 is 2.64 bits per heavy atom. The summed E-state index contributed by atoms with van der Waals surface area (Å²) in [7, 11) is 1.63. The molecule has 130 valence electrons. The zero-order valence-corrected chi connectivity index (χ0v) is 15.4. The Kier molecular flexibility index (Phi) is 5.83. The maximum absolute atomic E-state index is 6.05. The number of methoxy groups -OCH3 is 1. The Morgan fingerprint density at radius 2 is 1.92 bits per heavy atom. The Bertz CT molecular complexity index is 837. The summed E-state index contributed by atoms with van der Waals surface area (Å²) in [6.07, 6.45) is 0. The predicted octanol–water partition coefficient (Wildman–Crippen LogP) is 5.09. The van der Waals surface area contributed by atoms with Gasteiger partial charge in [-0.2, -0.15) is 0 Å². The highest BCUT2D eigenvalue weighted by Crippen LogP contribution is 2.31. The average molecular weight is 377 g/mol. The second kappa shape index (κ2) is 8.27. The van der Waals surface area contributed by atoms with Gasteiger partial charge >= 0.3 is 0 Å². The lowest BCUT2D eigenvalue weighted by atomic mass is 10.2. The molecule has 1 aromatic heterocycles. The normalized spacial score (nSPS) is 10.7. The molecule has 0 aliphatic rings. The van der Waals surface area contributed by atoms with E-state index in [4.69, 9.17) is 25.5 Å². The quantitative estimate of drug-likeness (QED) is 0.535. The van der Waals surface area contributed by atoms with Crippen molar-refractivity contribution in [3.05, 3.63) is 53.1 Å². The van der Waals surface area contributed by atoms with Crippen molar-refractivity contribution in [1.82, 2.24) is 10.2 Å². The molecule has 0 saturated heterocycles. The number of hydrogen-bond acceptors (Lipinski definition) is 6. The number of thioether (sulfide) groups is 1. The molecule has 0 aliphatic heterocycles. The third-order valence-corrected chi connectivity index (χ3v) is 4.51. The summed E-state index contributed by atoms with van der Waals surface area (Å²) in [4.78, 5) is 0. The molecule has 0 fully saturated rings. The fraction of sp³-hybridized carbons (Fsp3) is 0.222. The van der Waals surface area contributed by atoms with Crippen molar-refractivity contribution in [2.24, 2.45) is 0 Å². The van der Waals surface area contributed by atoms with E-state index in [1.54, 1.807) is 13.2 Å². The summed E-state index contributed by atoms with van der Waals surface area (Å²) in [6, 6.07) is 13.1. The van der Waals surface area contributed by atoms with E-state index in [2.05, 4.69) is 10.2 Å². The molecule has 0 atom stereocenters. The lowest BCUT2D eigenvalue weighted by Crippen LogP contribution is -1.90. The molecule has 0 spiro atoms. The SMILES string of the molecule is CCOc1ccc(-c2nnc(SCc3cc(Cl)ccc3OC)o2)cc1. The minimum atomic E-state index is 0.476. The lowest BCUT2D eigenvalue weighted by molar-refractivity contribution is 0.340. The summed E-state index contributed by atoms with van der Waals surface area (Å²) >= 11 is 7.48. The Morgan fingerprint density at radius 1 is 1.12 bits per heavy atom. The zero-order chi connectivity index (χ0) is 17.6. The van der Waals surface area contributed by atoms with Gasteiger partial charge in [-0.05, 0) is 49.4 Å². The molecule has 2 aromatic carbocycles. The van der Waals surface area contributed by atoms with Crippen LogP contribution in [0.25, 0.3) is 11.5 Å². The van der Waals surface area contributed by atoms with Crippen LogP contribution in [0.3, 0.4) is 0 Å². The maximum atomic E-state index is 6.05. The van der Waals surface area contributed by atoms with Crippen LogP contribution in [-0.2, 0) is 5.75 Å². The molecule has 0 amide bonds. The smallest absolute Gasteiger partial charge is 0.277 e. The first kappa shape index (κ1) is 17.6. The molecule has 1 heterocycles. The largest absolute Gasteiger partial charge is 0.496 e. The molecule has 0 aliphatic carbocycles. The average Bonchev–Trinajstić information content (AvgIpc) is 3.10. The van der Waals surface area contributed by atoms with Gasteiger partial charge in [0.25, 0.3) is 5.22 Å². The molecule has 0 unspecified atom stereocenters. The molecular weight excluding hydrogens is 360 g/mol. The highest BCUT2D eigenvalue weighted by atomic mass is 35.5. The van der Waals surface area contributed by atoms with Crippen molar-refractivity contribution in [1.29, 1.82) is 0 Å². The van der Waals surface area contributed by atoms with Crippen LogP contribution in [0, 0.1) is 0 Å². The number of hydrogen-bond donors (Lipinski definition) is 0. The maximum Gasteiger partial charge on any atom is 0.277 e. The minimum Gasteiger partial charge on any atom is -0.496 e. The molecule has 3 rings (SSSR count). The van der Waals surface area contributed by atoms with Crippen LogP contribution in [0.1, 0.15) is 12.5 Å². The Balaban J connectivity index is 1.68. The number of benzene rings is 2. The van der Waals surface area contributed by atoms with Gasteiger partial charge < -0.3 is 13.9 Å². The van der Waals surface area contributed by atoms with Gasteiger partial charge in [0.1, 0.15) is 11.5 Å². The lowest BCUT2D eigenvalue weighted by Gasteiger charge is -2.07. The van der Waals surface area contributed by atoms with Crippen LogP contribution in [-0.4, -0.2) is 23.9 Å². The van der Waals surface area contributed by atoms with E-state index in [1.807, 2.05) is 43.3 Å². The van der Waals surface area contributed by atoms with E-state index in [9.17, 15) is 0 Å². The summed E-state index contributed by atoms with van der Waals surface area (Å²) in [5.74, 6) is 2.69. The first-order chi connectivity index (χ1) is 12.2. The molecule has 0 radical (unpaired) electrons. The van der Waals surface area contributed by atoms with Gasteiger partial charge in [0, 0.05) is 21.9 Å². The van der Waals surface area contributed by atoms with Crippen molar-refractivity contribution in [2.75, 3.05) is 13.7 Å². The third-order valence-electron chi connectivity index (χ3n) is 3.41. The van der Waals surface area contributed by atoms with Gasteiger partial charge in [-0.1, -0.05) is 23.4 Å². The molecule has 0 saturated carbocycles. The third kappa shape index (κ3) is 4.46. The fourth-order valence-electron chi connectivity index (χ4n) is 2.24. The van der Waals surface area contributed by atoms with Gasteiger partial charge in [0.2, 0.25) is 5.89 Å². The van der Waals surface area contributed by atoms with Crippen LogP contribution in [0.4, 0.5) is 0 Å². The van der Waals surface area contributed by atoms with Crippen molar-refractivity contribution in [3.8, 4) is 23.0 Å². The molecule has 7 heteroatoms. The van der Waals surface area contributed by atoms with Gasteiger partial charge in [-0.15, -0.1) is 10.2 Å². The standard InChI is InChI=1S/C18H17ClN2O3S/c1-3-23-15-7-4-12(5-8-15)17-20-21-18(24-17)25-11-13-10-14(19)6-9-16(13)22-2/h4-10H,3,11H2,1-2H3. The summed E-state index contributed by atoms with van der Waals surface area (Å²) < 4.78 is 16.5. The van der Waals surface area contributed by atoms with Crippen molar-refractivity contribution < 1.29 is 13.9 Å². The summed E-state index contributed by atoms with van der Waals surface area (Å²) in [6.45, 7) is 2.58. The van der Waals surface area contributed by atoms with Gasteiger partial charge in [-0.25, -0.2) is 0 Å². The fourth-order valence-corrected chi connectivity index (χ4v) is 3.18. The number of rotatable bonds is 7. The zero-order valence-electron chi connectivity index (χ0n) is 13.9. The Labute approximate surface area is 155 Å². The highest BCUT2D eigenvalue weighted by molar-refractivity contribution is 7.98. The van der Waals surface area contributed by atoms with Gasteiger partial charge in [0.15, 0.2) is 0 Å². The first-order valence-corrected chi connectivity index (χ1v) is 9.08. The number of aromatic nitrogens is 2. The summed E-state index contributed by atoms with van der Waals surface area (Å²) in [5, 5.41) is 9.34. The van der Waals surface area contributed by atoms with E-state index >= 15 is 0 Å².